The first-order chi connectivity index (χ1) is 20.8. The Balaban J connectivity index is 4.36. The van der Waals surface area contributed by atoms with Gasteiger partial charge in [0.05, 0.1) is 33.4 Å². The molecular weight excluding hydrogens is 566 g/mol. The quantitative estimate of drug-likeness (QED) is 0.0522. The van der Waals surface area contributed by atoms with E-state index in [-0.39, 0.29) is 63.1 Å². The van der Waals surface area contributed by atoms with E-state index in [1.807, 2.05) is 21.1 Å². The number of aliphatic hydroxyl groups is 2. The van der Waals surface area contributed by atoms with Crippen LogP contribution in [-0.4, -0.2) is 104 Å². The Kier molecular flexibility index (Phi) is 23.0. The minimum atomic E-state index is -0.851. The monoisotopic (exact) mass is 626 g/mol. The van der Waals surface area contributed by atoms with Gasteiger partial charge in [0.1, 0.15) is 12.2 Å². The van der Waals surface area contributed by atoms with Crippen molar-refractivity contribution in [3.05, 3.63) is 24.3 Å². The van der Waals surface area contributed by atoms with E-state index >= 15 is 0 Å². The third-order valence-corrected chi connectivity index (χ3v) is 6.71. The largest absolute Gasteiger partial charge is 0.460 e. The molecule has 0 bridgehead atoms. The Morgan fingerprint density at radius 2 is 1.14 bits per heavy atom. The average molecular weight is 627 g/mol. The third kappa shape index (κ3) is 23.7. The van der Waals surface area contributed by atoms with Crippen LogP contribution in [0.15, 0.2) is 24.3 Å². The van der Waals surface area contributed by atoms with Gasteiger partial charge in [-0.3, -0.25) is 14.4 Å². The first kappa shape index (κ1) is 41.2. The summed E-state index contributed by atoms with van der Waals surface area (Å²) in [6.45, 7) is 6.25. The third-order valence-electron chi connectivity index (χ3n) is 6.71. The highest BCUT2D eigenvalue weighted by Gasteiger charge is 2.25. The van der Waals surface area contributed by atoms with Crippen molar-refractivity contribution in [1.29, 1.82) is 0 Å². The Morgan fingerprint density at radius 3 is 1.52 bits per heavy atom. The molecule has 0 rings (SSSR count). The van der Waals surface area contributed by atoms with Gasteiger partial charge in [-0.2, -0.15) is 0 Å². The highest BCUT2D eigenvalue weighted by molar-refractivity contribution is 5.78. The zero-order valence-corrected chi connectivity index (χ0v) is 28.0. The molecule has 0 aromatic carbocycles. The van der Waals surface area contributed by atoms with Gasteiger partial charge in [0, 0.05) is 32.9 Å². The van der Waals surface area contributed by atoms with E-state index in [2.05, 4.69) is 24.5 Å². The number of esters is 2. The standard InChI is InChI=1S/C33H59N3O8/c1-7-9-11-19-29(43-26(3)37)27(38)17-13-15-21-31(40)34-23-24-35-32(41)22-16-14-18-28(39)30(20-12-10-8-2)44-33(42)25-36(4,5)6/h13-16,27-30,38-39H,7-12,17-25H2,1-6H3,(H-,34,35,40,41)/p+1. The van der Waals surface area contributed by atoms with E-state index in [1.165, 1.54) is 6.92 Å². The number of hydrogen-bond acceptors (Lipinski definition) is 8. The summed E-state index contributed by atoms with van der Waals surface area (Å²) in [6, 6.07) is 0. The number of nitrogens with zero attached hydrogens (tertiary/aromatic N) is 1. The number of carbonyl (C=O) groups excluding carboxylic acids is 4. The molecule has 0 fully saturated rings. The Hall–Kier alpha value is -2.76. The number of likely N-dealkylation sites (N-methyl/N-ethyl adjacent to an activating group) is 1. The molecule has 0 saturated carbocycles. The maximum Gasteiger partial charge on any atom is 0.362 e. The van der Waals surface area contributed by atoms with Crippen LogP contribution in [0.1, 0.15) is 97.8 Å². The number of aliphatic hydroxyl groups excluding tert-OH is 2. The Labute approximate surface area is 265 Å². The number of carbonyl (C=O) groups is 4. The summed E-state index contributed by atoms with van der Waals surface area (Å²) < 4.78 is 11.3. The van der Waals surface area contributed by atoms with Gasteiger partial charge in [-0.15, -0.1) is 0 Å². The molecule has 4 N–H and O–H groups in total. The van der Waals surface area contributed by atoms with Crippen LogP contribution in [0.5, 0.6) is 0 Å². The van der Waals surface area contributed by atoms with E-state index < -0.39 is 30.4 Å². The molecule has 0 aromatic heterocycles. The summed E-state index contributed by atoms with van der Waals surface area (Å²) in [7, 11) is 5.71. The molecule has 0 aliphatic heterocycles. The van der Waals surface area contributed by atoms with Gasteiger partial charge in [-0.05, 0) is 38.5 Å². The Morgan fingerprint density at radius 1 is 0.705 bits per heavy atom. The maximum absolute atomic E-state index is 12.3. The fourth-order valence-electron chi connectivity index (χ4n) is 4.36. The van der Waals surface area contributed by atoms with Gasteiger partial charge in [0.15, 0.2) is 6.54 Å². The second-order valence-electron chi connectivity index (χ2n) is 12.3. The van der Waals surface area contributed by atoms with Gasteiger partial charge < -0.3 is 34.8 Å². The number of amides is 2. The average Bonchev–Trinajstić information content (AvgIpc) is 2.93. The summed E-state index contributed by atoms with van der Waals surface area (Å²) >= 11 is 0. The summed E-state index contributed by atoms with van der Waals surface area (Å²) in [5.41, 5.74) is 0. The Bertz CT molecular complexity index is 885. The topological polar surface area (TPSA) is 151 Å². The molecule has 0 heterocycles. The first-order valence-corrected chi connectivity index (χ1v) is 16.2. The molecule has 254 valence electrons. The van der Waals surface area contributed by atoms with Crippen molar-refractivity contribution >= 4 is 23.8 Å². The minimum absolute atomic E-state index is 0.125. The minimum Gasteiger partial charge on any atom is -0.460 e. The second-order valence-corrected chi connectivity index (χ2v) is 12.3. The van der Waals surface area contributed by atoms with Gasteiger partial charge in [0.25, 0.3) is 0 Å². The van der Waals surface area contributed by atoms with Crippen molar-refractivity contribution in [3.63, 3.8) is 0 Å². The lowest BCUT2D eigenvalue weighted by Crippen LogP contribution is -2.42. The molecular formula is C33H60N3O8+. The van der Waals surface area contributed by atoms with Crippen LogP contribution in [0.2, 0.25) is 0 Å². The van der Waals surface area contributed by atoms with E-state index in [9.17, 15) is 29.4 Å². The zero-order valence-electron chi connectivity index (χ0n) is 28.0. The van der Waals surface area contributed by atoms with Crippen molar-refractivity contribution in [2.45, 2.75) is 122 Å². The number of hydrogen-bond donors (Lipinski definition) is 4. The van der Waals surface area contributed by atoms with E-state index in [1.54, 1.807) is 24.3 Å². The van der Waals surface area contributed by atoms with E-state index in [0.717, 1.165) is 38.5 Å². The molecule has 0 saturated heterocycles. The SMILES string of the molecule is CCCCCC(OC(C)=O)C(O)CC=CCC(=O)NCCNC(=O)CC=CCC(O)C(CCCCC)OC(=O)C[N+](C)(C)C. The predicted molar refractivity (Wildman–Crippen MR) is 171 cm³/mol. The summed E-state index contributed by atoms with van der Waals surface area (Å²) in [6.07, 6.45) is 11.7. The molecule has 11 heteroatoms. The molecule has 2 amide bonds. The fourth-order valence-corrected chi connectivity index (χ4v) is 4.36. The zero-order chi connectivity index (χ0) is 33.4. The lowest BCUT2D eigenvalue weighted by molar-refractivity contribution is -0.862. The van der Waals surface area contributed by atoms with Crippen LogP contribution in [-0.2, 0) is 28.7 Å². The molecule has 0 radical (unpaired) electrons. The smallest absolute Gasteiger partial charge is 0.362 e. The van der Waals surface area contributed by atoms with Crippen molar-refractivity contribution < 1.29 is 43.3 Å². The van der Waals surface area contributed by atoms with E-state index in [4.69, 9.17) is 9.47 Å². The fraction of sp³-hybridized carbons (Fsp3) is 0.758. The van der Waals surface area contributed by atoms with Gasteiger partial charge in [-0.25, -0.2) is 4.79 Å². The molecule has 0 aromatic rings. The molecule has 0 aliphatic carbocycles. The summed E-state index contributed by atoms with van der Waals surface area (Å²) in [5.74, 6) is -1.19. The van der Waals surface area contributed by atoms with Crippen LogP contribution in [0.25, 0.3) is 0 Å². The van der Waals surface area contributed by atoms with Crippen molar-refractivity contribution in [2.75, 3.05) is 40.8 Å². The van der Waals surface area contributed by atoms with Crippen LogP contribution in [0.3, 0.4) is 0 Å². The number of unbranched alkanes of at least 4 members (excludes halogenated alkanes) is 4. The van der Waals surface area contributed by atoms with Crippen molar-refractivity contribution in [3.8, 4) is 0 Å². The molecule has 0 aliphatic rings. The lowest BCUT2D eigenvalue weighted by atomic mass is 10.0. The normalized spacial score (nSPS) is 14.6. The first-order valence-electron chi connectivity index (χ1n) is 16.2. The number of nitrogens with one attached hydrogen (secondary N) is 2. The summed E-state index contributed by atoms with van der Waals surface area (Å²) in [4.78, 5) is 47.8. The number of rotatable bonds is 25. The predicted octanol–water partition coefficient (Wildman–Crippen LogP) is 3.32. The van der Waals surface area contributed by atoms with Crippen LogP contribution in [0, 0.1) is 0 Å². The van der Waals surface area contributed by atoms with Gasteiger partial charge in [-0.1, -0.05) is 63.8 Å². The van der Waals surface area contributed by atoms with Gasteiger partial charge >= 0.3 is 11.9 Å². The maximum atomic E-state index is 12.3. The number of ether oxygens (including phenoxy) is 2. The van der Waals surface area contributed by atoms with E-state index in [0.29, 0.717) is 17.3 Å². The van der Waals surface area contributed by atoms with Gasteiger partial charge in [0.2, 0.25) is 11.8 Å². The summed E-state index contributed by atoms with van der Waals surface area (Å²) in [5, 5.41) is 26.5. The van der Waals surface area contributed by atoms with Crippen LogP contribution >= 0.6 is 0 Å². The molecule has 4 unspecified atom stereocenters. The molecule has 0 spiro atoms. The number of quaternary nitrogens is 1. The molecule has 4 atom stereocenters. The highest BCUT2D eigenvalue weighted by atomic mass is 16.6. The highest BCUT2D eigenvalue weighted by Crippen LogP contribution is 2.16. The van der Waals surface area contributed by atoms with Crippen LogP contribution < -0.4 is 10.6 Å². The van der Waals surface area contributed by atoms with Crippen LogP contribution in [0.4, 0.5) is 0 Å². The second kappa shape index (κ2) is 24.5. The molecule has 44 heavy (non-hydrogen) atoms. The van der Waals surface area contributed by atoms with Crippen molar-refractivity contribution in [2.24, 2.45) is 0 Å². The molecule has 11 nitrogen and oxygen atoms in total. The van der Waals surface area contributed by atoms with Crippen molar-refractivity contribution in [1.82, 2.24) is 10.6 Å². The lowest BCUT2D eigenvalue weighted by Gasteiger charge is -2.26.